The lowest BCUT2D eigenvalue weighted by Crippen LogP contribution is -2.33. The molecular weight excluding hydrogens is 272 g/mol. The van der Waals surface area contributed by atoms with Crippen LogP contribution in [0.4, 0.5) is 0 Å². The molecule has 2 heterocycles. The van der Waals surface area contributed by atoms with E-state index >= 15 is 0 Å². The number of hydrogen-bond donors (Lipinski definition) is 3. The molecule has 0 aromatic carbocycles. The maximum absolute atomic E-state index is 12.0. The van der Waals surface area contributed by atoms with Crippen molar-refractivity contribution in [2.75, 3.05) is 19.6 Å². The minimum atomic E-state index is -0.522. The minimum absolute atomic E-state index is 0.0115. The number of aliphatic hydroxyl groups excluding tert-OH is 1. The van der Waals surface area contributed by atoms with Crippen LogP contribution in [0.25, 0.3) is 0 Å². The SMILES string of the molecule is CC(=O)NCCC(=O)N1C[C@@H](Cc2cc(C)[nH]n2)[C@H](O)C1. The van der Waals surface area contributed by atoms with Crippen molar-refractivity contribution >= 4 is 11.8 Å². The van der Waals surface area contributed by atoms with Crippen molar-refractivity contribution < 1.29 is 14.7 Å². The fourth-order valence-corrected chi connectivity index (χ4v) is 2.61. The Kier molecular flexibility index (Phi) is 4.95. The number of aliphatic hydroxyl groups is 1. The second kappa shape index (κ2) is 6.71. The number of aryl methyl sites for hydroxylation is 1. The predicted molar refractivity (Wildman–Crippen MR) is 76.4 cm³/mol. The van der Waals surface area contributed by atoms with Crippen molar-refractivity contribution in [3.8, 4) is 0 Å². The summed E-state index contributed by atoms with van der Waals surface area (Å²) in [5.41, 5.74) is 1.89. The van der Waals surface area contributed by atoms with E-state index < -0.39 is 6.10 Å². The third kappa shape index (κ3) is 4.29. The Hall–Kier alpha value is -1.89. The van der Waals surface area contributed by atoms with E-state index in [2.05, 4.69) is 15.5 Å². The molecule has 0 aliphatic carbocycles. The Morgan fingerprint density at radius 2 is 2.29 bits per heavy atom. The van der Waals surface area contributed by atoms with Gasteiger partial charge >= 0.3 is 0 Å². The van der Waals surface area contributed by atoms with Gasteiger partial charge in [-0.1, -0.05) is 0 Å². The first kappa shape index (κ1) is 15.5. The Labute approximate surface area is 123 Å². The summed E-state index contributed by atoms with van der Waals surface area (Å²) in [6, 6.07) is 1.95. The third-order valence-corrected chi connectivity index (χ3v) is 3.70. The summed E-state index contributed by atoms with van der Waals surface area (Å²) in [5, 5.41) is 19.7. The first-order chi connectivity index (χ1) is 9.95. The normalized spacial score (nSPS) is 21.6. The van der Waals surface area contributed by atoms with Crippen LogP contribution in [0.2, 0.25) is 0 Å². The number of aromatic amines is 1. The topological polar surface area (TPSA) is 98.3 Å². The van der Waals surface area contributed by atoms with Crippen LogP contribution < -0.4 is 5.32 Å². The lowest BCUT2D eigenvalue weighted by molar-refractivity contribution is -0.130. The molecule has 1 aliphatic rings. The molecule has 2 atom stereocenters. The summed E-state index contributed by atoms with van der Waals surface area (Å²) in [6.07, 6.45) is 0.397. The molecule has 0 radical (unpaired) electrons. The molecule has 7 nitrogen and oxygen atoms in total. The van der Waals surface area contributed by atoms with Crippen LogP contribution in [-0.4, -0.2) is 57.8 Å². The Bertz CT molecular complexity index is 514. The number of amides is 2. The molecule has 1 aromatic heterocycles. The van der Waals surface area contributed by atoms with Crippen LogP contribution in [0.1, 0.15) is 24.7 Å². The van der Waals surface area contributed by atoms with E-state index in [1.54, 1.807) is 4.90 Å². The summed E-state index contributed by atoms with van der Waals surface area (Å²) in [4.78, 5) is 24.4. The van der Waals surface area contributed by atoms with Crippen molar-refractivity contribution in [3.63, 3.8) is 0 Å². The molecule has 116 valence electrons. The fraction of sp³-hybridized carbons (Fsp3) is 0.643. The predicted octanol–water partition coefficient (Wildman–Crippen LogP) is -0.394. The smallest absolute Gasteiger partial charge is 0.224 e. The molecule has 1 aliphatic heterocycles. The molecule has 0 saturated carbocycles. The van der Waals surface area contributed by atoms with Crippen molar-refractivity contribution in [1.82, 2.24) is 20.4 Å². The first-order valence-corrected chi connectivity index (χ1v) is 7.17. The maximum atomic E-state index is 12.0. The summed E-state index contributed by atoms with van der Waals surface area (Å²) in [7, 11) is 0. The van der Waals surface area contributed by atoms with E-state index in [9.17, 15) is 14.7 Å². The molecule has 1 fully saturated rings. The van der Waals surface area contributed by atoms with E-state index in [1.165, 1.54) is 6.92 Å². The van der Waals surface area contributed by atoms with Gasteiger partial charge in [-0.05, 0) is 19.4 Å². The van der Waals surface area contributed by atoms with Crippen LogP contribution in [-0.2, 0) is 16.0 Å². The van der Waals surface area contributed by atoms with Gasteiger partial charge in [0, 0.05) is 44.6 Å². The lowest BCUT2D eigenvalue weighted by Gasteiger charge is -2.16. The minimum Gasteiger partial charge on any atom is -0.391 e. The molecule has 1 saturated heterocycles. The quantitative estimate of drug-likeness (QED) is 0.688. The number of likely N-dealkylation sites (tertiary alicyclic amines) is 1. The number of H-pyrrole nitrogens is 1. The molecule has 0 spiro atoms. The van der Waals surface area contributed by atoms with Crippen LogP contribution in [0.5, 0.6) is 0 Å². The molecule has 7 heteroatoms. The number of hydrogen-bond acceptors (Lipinski definition) is 4. The molecule has 21 heavy (non-hydrogen) atoms. The van der Waals surface area contributed by atoms with Crippen LogP contribution in [0.15, 0.2) is 6.07 Å². The highest BCUT2D eigenvalue weighted by Gasteiger charge is 2.34. The van der Waals surface area contributed by atoms with Crippen LogP contribution in [0.3, 0.4) is 0 Å². The van der Waals surface area contributed by atoms with Crippen LogP contribution >= 0.6 is 0 Å². The first-order valence-electron chi connectivity index (χ1n) is 7.17. The summed E-state index contributed by atoms with van der Waals surface area (Å²) >= 11 is 0. The number of nitrogens with one attached hydrogen (secondary N) is 2. The molecule has 3 N–H and O–H groups in total. The average molecular weight is 294 g/mol. The van der Waals surface area contributed by atoms with Gasteiger partial charge in [0.05, 0.1) is 11.8 Å². The fourth-order valence-electron chi connectivity index (χ4n) is 2.61. The standard InChI is InChI=1S/C14H22N4O3/c1-9-5-12(17-16-9)6-11-7-18(8-13(11)20)14(21)3-4-15-10(2)19/h5,11,13,20H,3-4,6-8H2,1-2H3,(H,15,19)(H,16,17)/t11-,13-/m1/s1. The van der Waals surface area contributed by atoms with Crippen LogP contribution in [0, 0.1) is 12.8 Å². The molecule has 1 aromatic rings. The monoisotopic (exact) mass is 294 g/mol. The van der Waals surface area contributed by atoms with E-state index in [0.717, 1.165) is 11.4 Å². The zero-order valence-corrected chi connectivity index (χ0v) is 12.4. The number of nitrogens with zero attached hydrogens (tertiary/aromatic N) is 2. The Morgan fingerprint density at radius 3 is 2.90 bits per heavy atom. The van der Waals surface area contributed by atoms with Gasteiger partial charge in [-0.2, -0.15) is 5.10 Å². The lowest BCUT2D eigenvalue weighted by atomic mass is 10.0. The van der Waals surface area contributed by atoms with E-state index in [0.29, 0.717) is 26.1 Å². The maximum Gasteiger partial charge on any atom is 0.224 e. The van der Waals surface area contributed by atoms with Gasteiger partial charge in [-0.25, -0.2) is 0 Å². The number of carbonyl (C=O) groups excluding carboxylic acids is 2. The van der Waals surface area contributed by atoms with Crippen molar-refractivity contribution in [2.45, 2.75) is 32.8 Å². The molecule has 0 unspecified atom stereocenters. The van der Waals surface area contributed by atoms with Gasteiger partial charge in [-0.15, -0.1) is 0 Å². The second-order valence-electron chi connectivity index (χ2n) is 5.61. The number of carbonyl (C=O) groups is 2. The van der Waals surface area contributed by atoms with Crippen molar-refractivity contribution in [1.29, 1.82) is 0 Å². The zero-order valence-electron chi connectivity index (χ0n) is 12.4. The number of aromatic nitrogens is 2. The molecule has 0 bridgehead atoms. The highest BCUT2D eigenvalue weighted by atomic mass is 16.3. The highest BCUT2D eigenvalue weighted by molar-refractivity contribution is 5.78. The van der Waals surface area contributed by atoms with Gasteiger partial charge in [0.25, 0.3) is 0 Å². The zero-order chi connectivity index (χ0) is 15.4. The van der Waals surface area contributed by atoms with Crippen molar-refractivity contribution in [2.24, 2.45) is 5.92 Å². The number of rotatable bonds is 5. The summed E-state index contributed by atoms with van der Waals surface area (Å²) in [5.74, 6) is -0.169. The second-order valence-corrected chi connectivity index (χ2v) is 5.61. The highest BCUT2D eigenvalue weighted by Crippen LogP contribution is 2.21. The average Bonchev–Trinajstić information content (AvgIpc) is 2.97. The van der Waals surface area contributed by atoms with Crippen molar-refractivity contribution in [3.05, 3.63) is 17.5 Å². The Balaban J connectivity index is 1.82. The Morgan fingerprint density at radius 1 is 1.52 bits per heavy atom. The van der Waals surface area contributed by atoms with Gasteiger partial charge in [0.15, 0.2) is 0 Å². The molecule has 2 amide bonds. The molecular formula is C14H22N4O3. The van der Waals surface area contributed by atoms with E-state index in [1.807, 2.05) is 13.0 Å². The number of β-amino-alcohol motifs (C(OH)–C–C–N with tert-alkyl or cyclic N) is 1. The van der Waals surface area contributed by atoms with Gasteiger partial charge < -0.3 is 15.3 Å². The summed E-state index contributed by atoms with van der Waals surface area (Å²) < 4.78 is 0. The van der Waals surface area contributed by atoms with Gasteiger partial charge in [0.1, 0.15) is 0 Å². The largest absolute Gasteiger partial charge is 0.391 e. The molecule has 2 rings (SSSR count). The van der Waals surface area contributed by atoms with E-state index in [4.69, 9.17) is 0 Å². The summed E-state index contributed by atoms with van der Waals surface area (Å²) in [6.45, 7) is 4.58. The van der Waals surface area contributed by atoms with Gasteiger partial charge in [-0.3, -0.25) is 14.7 Å². The third-order valence-electron chi connectivity index (χ3n) is 3.70. The van der Waals surface area contributed by atoms with E-state index in [-0.39, 0.29) is 24.2 Å². The van der Waals surface area contributed by atoms with Gasteiger partial charge in [0.2, 0.25) is 11.8 Å².